The van der Waals surface area contributed by atoms with Crippen LogP contribution >= 0.6 is 0 Å². The molecule has 142 valence electrons. The predicted molar refractivity (Wildman–Crippen MR) is 91.4 cm³/mol. The van der Waals surface area contributed by atoms with Crippen LogP contribution in [0.5, 0.6) is 5.75 Å². The number of halogens is 3. The van der Waals surface area contributed by atoms with Gasteiger partial charge in [0.05, 0.1) is 6.04 Å². The van der Waals surface area contributed by atoms with E-state index in [1.807, 2.05) is 4.90 Å². The molecule has 1 atom stereocenters. The maximum absolute atomic E-state index is 13.1. The molecule has 1 saturated heterocycles. The third-order valence-corrected chi connectivity index (χ3v) is 4.55. The quantitative estimate of drug-likeness (QED) is 0.751. The van der Waals surface area contributed by atoms with Gasteiger partial charge in [-0.25, -0.2) is 15.0 Å². The molecular weight excluding hydrogens is 361 g/mol. The van der Waals surface area contributed by atoms with Crippen molar-refractivity contribution < 1.29 is 17.9 Å². The number of rotatable bonds is 4. The minimum Gasteiger partial charge on any atom is -0.489 e. The lowest BCUT2D eigenvalue weighted by atomic mass is 10.0. The van der Waals surface area contributed by atoms with E-state index in [0.717, 1.165) is 32.0 Å². The fourth-order valence-corrected chi connectivity index (χ4v) is 3.30. The standard InChI is InChI=1S/C17H17F3N6O/c18-17(19,20)14-12(5-3-6-22-14)27-10-11-4-1-2-9-26(11)16-13-15(24-25-16)23-8-7-21-13/h3,5-8,11H,1-2,4,9-10H2,(H,23,24,25). The van der Waals surface area contributed by atoms with Crippen molar-refractivity contribution in [2.24, 2.45) is 0 Å². The smallest absolute Gasteiger partial charge is 0.437 e. The van der Waals surface area contributed by atoms with E-state index in [0.29, 0.717) is 17.0 Å². The van der Waals surface area contributed by atoms with Crippen LogP contribution in [-0.4, -0.2) is 44.3 Å². The Kier molecular flexibility index (Phi) is 4.54. The van der Waals surface area contributed by atoms with E-state index < -0.39 is 11.9 Å². The Morgan fingerprint density at radius 2 is 2.00 bits per heavy atom. The van der Waals surface area contributed by atoms with Crippen molar-refractivity contribution in [3.63, 3.8) is 0 Å². The molecule has 3 aromatic rings. The molecule has 0 saturated carbocycles. The summed E-state index contributed by atoms with van der Waals surface area (Å²) >= 11 is 0. The van der Waals surface area contributed by atoms with Crippen molar-refractivity contribution in [1.29, 1.82) is 0 Å². The fraction of sp³-hybridized carbons (Fsp3) is 0.412. The van der Waals surface area contributed by atoms with Crippen LogP contribution in [0, 0.1) is 0 Å². The molecule has 1 aliphatic heterocycles. The fourth-order valence-electron chi connectivity index (χ4n) is 3.30. The lowest BCUT2D eigenvalue weighted by Crippen LogP contribution is -2.43. The summed E-state index contributed by atoms with van der Waals surface area (Å²) in [6.45, 7) is 0.826. The van der Waals surface area contributed by atoms with Gasteiger partial charge in [0.1, 0.15) is 12.4 Å². The molecule has 1 unspecified atom stereocenters. The average Bonchev–Trinajstić information content (AvgIpc) is 3.10. The van der Waals surface area contributed by atoms with E-state index in [1.165, 1.54) is 12.1 Å². The highest BCUT2D eigenvalue weighted by Crippen LogP contribution is 2.35. The first-order chi connectivity index (χ1) is 13.0. The van der Waals surface area contributed by atoms with Crippen molar-refractivity contribution >= 4 is 17.0 Å². The van der Waals surface area contributed by atoms with Crippen molar-refractivity contribution in [3.8, 4) is 5.75 Å². The number of hydrogen-bond donors (Lipinski definition) is 1. The van der Waals surface area contributed by atoms with Crippen LogP contribution in [-0.2, 0) is 6.18 Å². The van der Waals surface area contributed by atoms with Gasteiger partial charge in [-0.15, -0.1) is 0 Å². The molecule has 1 fully saturated rings. The lowest BCUT2D eigenvalue weighted by Gasteiger charge is -2.35. The van der Waals surface area contributed by atoms with Crippen LogP contribution in [0.1, 0.15) is 25.0 Å². The number of alkyl halides is 3. The number of H-pyrrole nitrogens is 1. The van der Waals surface area contributed by atoms with E-state index in [1.54, 1.807) is 12.4 Å². The molecule has 10 heteroatoms. The van der Waals surface area contributed by atoms with Crippen molar-refractivity contribution in [1.82, 2.24) is 25.1 Å². The van der Waals surface area contributed by atoms with Gasteiger partial charge in [-0.1, -0.05) is 0 Å². The van der Waals surface area contributed by atoms with Gasteiger partial charge in [0.2, 0.25) is 0 Å². The Morgan fingerprint density at radius 3 is 2.85 bits per heavy atom. The van der Waals surface area contributed by atoms with Gasteiger partial charge in [-0.3, -0.25) is 5.10 Å². The second kappa shape index (κ2) is 7.01. The summed E-state index contributed by atoms with van der Waals surface area (Å²) in [4.78, 5) is 14.0. The summed E-state index contributed by atoms with van der Waals surface area (Å²) in [7, 11) is 0. The minimum atomic E-state index is -4.56. The highest BCUT2D eigenvalue weighted by atomic mass is 19.4. The van der Waals surface area contributed by atoms with Crippen LogP contribution < -0.4 is 9.64 Å². The number of hydrogen-bond acceptors (Lipinski definition) is 6. The molecule has 0 aromatic carbocycles. The maximum atomic E-state index is 13.1. The SMILES string of the molecule is FC(F)(F)c1ncccc1OCC1CCCCN1c1n[nH]c2nccnc12. The topological polar surface area (TPSA) is 79.8 Å². The summed E-state index contributed by atoms with van der Waals surface area (Å²) in [6, 6.07) is 2.60. The molecule has 0 radical (unpaired) electrons. The summed E-state index contributed by atoms with van der Waals surface area (Å²) in [5, 5.41) is 7.15. The lowest BCUT2D eigenvalue weighted by molar-refractivity contribution is -0.142. The van der Waals surface area contributed by atoms with Gasteiger partial charge in [-0.05, 0) is 31.4 Å². The van der Waals surface area contributed by atoms with E-state index in [-0.39, 0.29) is 18.4 Å². The van der Waals surface area contributed by atoms with Crippen LogP contribution in [0.25, 0.3) is 11.2 Å². The molecule has 4 rings (SSSR count). The van der Waals surface area contributed by atoms with Crippen LogP contribution in [0.3, 0.4) is 0 Å². The molecule has 0 spiro atoms. The first-order valence-electron chi connectivity index (χ1n) is 8.61. The van der Waals surface area contributed by atoms with Gasteiger partial charge in [-0.2, -0.15) is 18.3 Å². The summed E-state index contributed by atoms with van der Waals surface area (Å²) in [6.07, 6.45) is 2.43. The summed E-state index contributed by atoms with van der Waals surface area (Å²) in [5.74, 6) is 0.385. The number of piperidine rings is 1. The van der Waals surface area contributed by atoms with E-state index in [2.05, 4.69) is 25.1 Å². The van der Waals surface area contributed by atoms with Crippen LogP contribution in [0.4, 0.5) is 19.0 Å². The second-order valence-electron chi connectivity index (χ2n) is 6.30. The highest BCUT2D eigenvalue weighted by Gasteiger charge is 2.36. The molecule has 0 aliphatic carbocycles. The zero-order valence-electron chi connectivity index (χ0n) is 14.3. The van der Waals surface area contributed by atoms with Gasteiger partial charge < -0.3 is 9.64 Å². The van der Waals surface area contributed by atoms with Gasteiger partial charge in [0.25, 0.3) is 0 Å². The molecule has 0 bridgehead atoms. The monoisotopic (exact) mass is 378 g/mol. The molecule has 7 nitrogen and oxygen atoms in total. The third-order valence-electron chi connectivity index (χ3n) is 4.55. The predicted octanol–water partition coefficient (Wildman–Crippen LogP) is 3.20. The Bertz CT molecular complexity index is 928. The average molecular weight is 378 g/mol. The Morgan fingerprint density at radius 1 is 1.15 bits per heavy atom. The maximum Gasteiger partial charge on any atom is 0.437 e. The number of nitrogens with zero attached hydrogens (tertiary/aromatic N) is 5. The molecule has 3 aromatic heterocycles. The van der Waals surface area contributed by atoms with E-state index in [9.17, 15) is 13.2 Å². The highest BCUT2D eigenvalue weighted by molar-refractivity contribution is 5.83. The van der Waals surface area contributed by atoms with E-state index >= 15 is 0 Å². The van der Waals surface area contributed by atoms with Crippen molar-refractivity contribution in [2.75, 3.05) is 18.1 Å². The van der Waals surface area contributed by atoms with Crippen LogP contribution in [0.2, 0.25) is 0 Å². The summed E-state index contributed by atoms with van der Waals surface area (Å²) in [5.41, 5.74) is 0.203. The Hall–Kier alpha value is -2.91. The van der Waals surface area contributed by atoms with Gasteiger partial charge >= 0.3 is 6.18 Å². The van der Waals surface area contributed by atoms with Crippen molar-refractivity contribution in [2.45, 2.75) is 31.5 Å². The number of aromatic amines is 1. The molecule has 0 amide bonds. The number of anilines is 1. The first kappa shape index (κ1) is 17.5. The van der Waals surface area contributed by atoms with Gasteiger partial charge in [0.15, 0.2) is 22.7 Å². The zero-order chi connectivity index (χ0) is 18.9. The number of fused-ring (bicyclic) bond motifs is 1. The number of nitrogens with one attached hydrogen (secondary N) is 1. The normalized spacial score (nSPS) is 18.0. The number of aromatic nitrogens is 5. The number of pyridine rings is 1. The Balaban J connectivity index is 1.56. The molecule has 1 aliphatic rings. The third kappa shape index (κ3) is 3.51. The zero-order valence-corrected chi connectivity index (χ0v) is 14.3. The van der Waals surface area contributed by atoms with E-state index in [4.69, 9.17) is 4.74 Å². The second-order valence-corrected chi connectivity index (χ2v) is 6.30. The Labute approximate surface area is 152 Å². The molecule has 27 heavy (non-hydrogen) atoms. The molecule has 4 heterocycles. The summed E-state index contributed by atoms with van der Waals surface area (Å²) < 4.78 is 44.9. The molecule has 1 N–H and O–H groups in total. The van der Waals surface area contributed by atoms with Gasteiger partial charge in [0, 0.05) is 25.1 Å². The first-order valence-corrected chi connectivity index (χ1v) is 8.61. The largest absolute Gasteiger partial charge is 0.489 e. The molecular formula is C17H17F3N6O. The van der Waals surface area contributed by atoms with Crippen molar-refractivity contribution in [3.05, 3.63) is 36.4 Å². The number of ether oxygens (including phenoxy) is 1. The van der Waals surface area contributed by atoms with Crippen LogP contribution in [0.15, 0.2) is 30.7 Å². The minimum absolute atomic E-state index is 0.101.